The molecule has 2 atom stereocenters. The largest absolute Gasteiger partial charge is 0.378 e. The van der Waals surface area contributed by atoms with Crippen LogP contribution < -0.4 is 0 Å². The molecule has 1 N–H and O–H groups in total. The summed E-state index contributed by atoms with van der Waals surface area (Å²) in [4.78, 5) is 15.6. The summed E-state index contributed by atoms with van der Waals surface area (Å²) < 4.78 is 5.46. The summed E-state index contributed by atoms with van der Waals surface area (Å²) in [5.74, 6) is 0.108. The highest BCUT2D eigenvalue weighted by atomic mass is 35.5. The van der Waals surface area contributed by atoms with Crippen molar-refractivity contribution in [3.05, 3.63) is 35.0 Å². The Labute approximate surface area is 110 Å². The minimum absolute atomic E-state index is 0.00151. The first-order valence-electron chi connectivity index (χ1n) is 6.09. The Bertz CT molecular complexity index is 605. The Morgan fingerprint density at radius 2 is 2.33 bits per heavy atom. The van der Waals surface area contributed by atoms with Gasteiger partial charge < -0.3 is 9.72 Å². The molecule has 0 amide bonds. The molecule has 1 saturated heterocycles. The van der Waals surface area contributed by atoms with Crippen molar-refractivity contribution < 1.29 is 9.53 Å². The molecule has 1 aliphatic heterocycles. The lowest BCUT2D eigenvalue weighted by atomic mass is 9.92. The summed E-state index contributed by atoms with van der Waals surface area (Å²) in [6, 6.07) is 5.54. The molecule has 3 nitrogen and oxygen atoms in total. The van der Waals surface area contributed by atoms with Crippen LogP contribution in [0, 0.1) is 5.92 Å². The number of benzene rings is 1. The fourth-order valence-electron chi connectivity index (χ4n) is 2.57. The molecule has 2 unspecified atom stereocenters. The van der Waals surface area contributed by atoms with Crippen molar-refractivity contribution in [3.8, 4) is 0 Å². The van der Waals surface area contributed by atoms with Gasteiger partial charge in [0.15, 0.2) is 5.78 Å². The maximum Gasteiger partial charge on any atom is 0.170 e. The highest BCUT2D eigenvalue weighted by Crippen LogP contribution is 2.29. The molecule has 0 bridgehead atoms. The van der Waals surface area contributed by atoms with Crippen LogP contribution >= 0.6 is 11.6 Å². The van der Waals surface area contributed by atoms with Gasteiger partial charge in [-0.1, -0.05) is 11.6 Å². The standard InChI is InChI=1S/C14H14ClNO2/c1-8-10(4-5-18-8)14(17)12-7-16-13-3-2-9(15)6-11(12)13/h2-3,6-8,10,16H,4-5H2,1H3. The summed E-state index contributed by atoms with van der Waals surface area (Å²) in [5.41, 5.74) is 1.66. The van der Waals surface area contributed by atoms with Crippen LogP contribution in [0.2, 0.25) is 5.02 Å². The number of H-pyrrole nitrogens is 1. The first-order chi connectivity index (χ1) is 8.66. The third-order valence-electron chi connectivity index (χ3n) is 3.62. The molecule has 18 heavy (non-hydrogen) atoms. The topological polar surface area (TPSA) is 42.1 Å². The van der Waals surface area contributed by atoms with E-state index >= 15 is 0 Å². The lowest BCUT2D eigenvalue weighted by molar-refractivity contribution is 0.0766. The molecule has 0 aliphatic carbocycles. The summed E-state index contributed by atoms with van der Waals surface area (Å²) in [7, 11) is 0. The van der Waals surface area contributed by atoms with Crippen molar-refractivity contribution in [2.24, 2.45) is 5.92 Å². The average Bonchev–Trinajstić information content (AvgIpc) is 2.94. The Kier molecular flexibility index (Phi) is 2.88. The highest BCUT2D eigenvalue weighted by Gasteiger charge is 2.32. The van der Waals surface area contributed by atoms with Crippen molar-refractivity contribution in [1.29, 1.82) is 0 Å². The first-order valence-corrected chi connectivity index (χ1v) is 6.47. The number of hydrogen-bond acceptors (Lipinski definition) is 2. The Balaban J connectivity index is 2.03. The van der Waals surface area contributed by atoms with Crippen molar-refractivity contribution in [1.82, 2.24) is 4.98 Å². The molecule has 94 valence electrons. The van der Waals surface area contributed by atoms with E-state index in [9.17, 15) is 4.79 Å². The smallest absolute Gasteiger partial charge is 0.170 e. The van der Waals surface area contributed by atoms with E-state index in [2.05, 4.69) is 4.98 Å². The number of ketones is 1. The van der Waals surface area contributed by atoms with Crippen LogP contribution in [0.4, 0.5) is 0 Å². The molecule has 2 aromatic rings. The second-order valence-electron chi connectivity index (χ2n) is 4.73. The molecular weight excluding hydrogens is 250 g/mol. The second-order valence-corrected chi connectivity index (χ2v) is 5.16. The summed E-state index contributed by atoms with van der Waals surface area (Å²) >= 11 is 5.99. The normalized spacial score (nSPS) is 23.7. The summed E-state index contributed by atoms with van der Waals surface area (Å²) in [6.07, 6.45) is 2.57. The number of nitrogens with one attached hydrogen (secondary N) is 1. The number of aromatic amines is 1. The van der Waals surface area contributed by atoms with E-state index in [1.54, 1.807) is 6.20 Å². The van der Waals surface area contributed by atoms with Crippen LogP contribution in [-0.2, 0) is 4.74 Å². The molecule has 0 saturated carbocycles. The number of hydrogen-bond donors (Lipinski definition) is 1. The number of rotatable bonds is 2. The van der Waals surface area contributed by atoms with Gasteiger partial charge in [0.25, 0.3) is 0 Å². The van der Waals surface area contributed by atoms with Gasteiger partial charge in [0.1, 0.15) is 0 Å². The molecule has 1 aromatic heterocycles. The van der Waals surface area contributed by atoms with E-state index in [0.29, 0.717) is 11.6 Å². The van der Waals surface area contributed by atoms with Crippen molar-refractivity contribution in [2.45, 2.75) is 19.4 Å². The van der Waals surface area contributed by atoms with E-state index in [1.807, 2.05) is 25.1 Å². The van der Waals surface area contributed by atoms with E-state index in [-0.39, 0.29) is 17.8 Å². The maximum absolute atomic E-state index is 12.5. The molecular formula is C14H14ClNO2. The van der Waals surface area contributed by atoms with Gasteiger partial charge in [0.2, 0.25) is 0 Å². The van der Waals surface area contributed by atoms with Crippen LogP contribution in [0.5, 0.6) is 0 Å². The van der Waals surface area contributed by atoms with Gasteiger partial charge in [-0.05, 0) is 31.5 Å². The number of fused-ring (bicyclic) bond motifs is 1. The Hall–Kier alpha value is -1.32. The first kappa shape index (κ1) is 11.8. The maximum atomic E-state index is 12.5. The van der Waals surface area contributed by atoms with E-state index in [0.717, 1.165) is 22.9 Å². The minimum atomic E-state index is -0.0389. The monoisotopic (exact) mass is 263 g/mol. The number of carbonyl (C=O) groups excluding carboxylic acids is 1. The number of halogens is 1. The lowest BCUT2D eigenvalue weighted by Crippen LogP contribution is -2.21. The predicted molar refractivity (Wildman–Crippen MR) is 71.2 cm³/mol. The quantitative estimate of drug-likeness (QED) is 0.844. The molecule has 3 rings (SSSR count). The Morgan fingerprint density at radius 1 is 1.50 bits per heavy atom. The molecule has 1 aliphatic rings. The van der Waals surface area contributed by atoms with E-state index < -0.39 is 0 Å². The van der Waals surface area contributed by atoms with Crippen molar-refractivity contribution >= 4 is 28.3 Å². The Morgan fingerprint density at radius 3 is 3.06 bits per heavy atom. The lowest BCUT2D eigenvalue weighted by Gasteiger charge is -2.11. The van der Waals surface area contributed by atoms with Crippen molar-refractivity contribution in [3.63, 3.8) is 0 Å². The van der Waals surface area contributed by atoms with Gasteiger partial charge in [-0.2, -0.15) is 0 Å². The fourth-order valence-corrected chi connectivity index (χ4v) is 2.74. The van der Waals surface area contributed by atoms with Crippen LogP contribution in [-0.4, -0.2) is 23.5 Å². The van der Waals surface area contributed by atoms with Crippen molar-refractivity contribution in [2.75, 3.05) is 6.61 Å². The van der Waals surface area contributed by atoms with Crippen LogP contribution in [0.1, 0.15) is 23.7 Å². The van der Waals surface area contributed by atoms with Gasteiger partial charge in [-0.3, -0.25) is 4.79 Å². The van der Waals surface area contributed by atoms with Gasteiger partial charge in [-0.25, -0.2) is 0 Å². The van der Waals surface area contributed by atoms with Crippen LogP contribution in [0.15, 0.2) is 24.4 Å². The van der Waals surface area contributed by atoms with Gasteiger partial charge in [-0.15, -0.1) is 0 Å². The van der Waals surface area contributed by atoms with E-state index in [4.69, 9.17) is 16.3 Å². The zero-order valence-electron chi connectivity index (χ0n) is 10.1. The van der Waals surface area contributed by atoms with E-state index in [1.165, 1.54) is 0 Å². The zero-order valence-corrected chi connectivity index (χ0v) is 10.8. The number of Topliss-reactive ketones (excluding diaryl/α,β-unsaturated/α-hetero) is 1. The molecule has 0 radical (unpaired) electrons. The third-order valence-corrected chi connectivity index (χ3v) is 3.86. The molecule has 2 heterocycles. The van der Waals surface area contributed by atoms with Gasteiger partial charge in [0, 0.05) is 34.3 Å². The highest BCUT2D eigenvalue weighted by molar-refractivity contribution is 6.31. The number of carbonyl (C=O) groups is 1. The second kappa shape index (κ2) is 4.41. The summed E-state index contributed by atoms with van der Waals surface area (Å²) in [6.45, 7) is 2.62. The number of ether oxygens (including phenoxy) is 1. The van der Waals surface area contributed by atoms with Crippen LogP contribution in [0.3, 0.4) is 0 Å². The minimum Gasteiger partial charge on any atom is -0.378 e. The average molecular weight is 264 g/mol. The van der Waals surface area contributed by atoms with Gasteiger partial charge in [0.05, 0.1) is 12.0 Å². The fraction of sp³-hybridized carbons (Fsp3) is 0.357. The molecule has 4 heteroatoms. The third kappa shape index (κ3) is 1.84. The molecule has 1 aromatic carbocycles. The zero-order chi connectivity index (χ0) is 12.7. The predicted octanol–water partition coefficient (Wildman–Crippen LogP) is 3.43. The summed E-state index contributed by atoms with van der Waals surface area (Å²) in [5, 5.41) is 1.54. The molecule has 1 fully saturated rings. The van der Waals surface area contributed by atoms with Gasteiger partial charge >= 0.3 is 0 Å². The number of aromatic nitrogens is 1. The molecule has 0 spiro atoms. The van der Waals surface area contributed by atoms with Crippen LogP contribution in [0.25, 0.3) is 10.9 Å². The SMILES string of the molecule is CC1OCCC1C(=O)c1c[nH]c2ccc(Cl)cc12.